The number of imide groups is 1. The number of amides is 3. The Labute approximate surface area is 146 Å². The summed E-state index contributed by atoms with van der Waals surface area (Å²) in [6.07, 6.45) is -0.756. The van der Waals surface area contributed by atoms with E-state index in [2.05, 4.69) is 0 Å². The van der Waals surface area contributed by atoms with Gasteiger partial charge >= 0.3 is 6.09 Å². The maximum Gasteiger partial charge on any atom is 0.418 e. The van der Waals surface area contributed by atoms with E-state index in [1.807, 2.05) is 37.3 Å². The molecule has 130 valence electrons. The summed E-state index contributed by atoms with van der Waals surface area (Å²) in [6, 6.07) is 9.93. The molecule has 1 aliphatic rings. The molecule has 1 aromatic carbocycles. The van der Waals surface area contributed by atoms with Crippen molar-refractivity contribution in [3.63, 3.8) is 0 Å². The minimum Gasteiger partial charge on any atom is -0.433 e. The first kappa shape index (κ1) is 18.3. The number of hydrogen-bond donors (Lipinski definition) is 0. The van der Waals surface area contributed by atoms with Crippen molar-refractivity contribution in [1.82, 2.24) is 9.80 Å². The number of hydrogen-bond acceptors (Lipinski definition) is 5. The van der Waals surface area contributed by atoms with Crippen LogP contribution >= 0.6 is 11.8 Å². The highest BCUT2D eigenvalue weighted by molar-refractivity contribution is 7.99. The van der Waals surface area contributed by atoms with Gasteiger partial charge in [0.2, 0.25) is 5.91 Å². The fourth-order valence-electron chi connectivity index (χ4n) is 2.35. The van der Waals surface area contributed by atoms with Gasteiger partial charge in [0.15, 0.2) is 5.60 Å². The Morgan fingerprint density at radius 3 is 2.46 bits per heavy atom. The van der Waals surface area contributed by atoms with E-state index in [1.165, 1.54) is 13.8 Å². The minimum atomic E-state index is -1.20. The lowest BCUT2D eigenvalue weighted by Gasteiger charge is -2.22. The highest BCUT2D eigenvalue weighted by atomic mass is 32.2. The van der Waals surface area contributed by atoms with Crippen LogP contribution in [-0.2, 0) is 14.3 Å². The van der Waals surface area contributed by atoms with E-state index in [4.69, 9.17) is 4.74 Å². The van der Waals surface area contributed by atoms with Gasteiger partial charge in [0.1, 0.15) is 6.54 Å². The highest BCUT2D eigenvalue weighted by Gasteiger charge is 2.47. The fourth-order valence-corrected chi connectivity index (χ4v) is 3.24. The van der Waals surface area contributed by atoms with Gasteiger partial charge in [0.25, 0.3) is 5.91 Å². The van der Waals surface area contributed by atoms with Crippen LogP contribution in [0, 0.1) is 0 Å². The number of carbonyl (C=O) groups is 3. The van der Waals surface area contributed by atoms with Gasteiger partial charge in [-0.3, -0.25) is 9.59 Å². The van der Waals surface area contributed by atoms with Crippen molar-refractivity contribution >= 4 is 29.7 Å². The van der Waals surface area contributed by atoms with Gasteiger partial charge in [0, 0.05) is 23.7 Å². The summed E-state index contributed by atoms with van der Waals surface area (Å²) in [5.74, 6) is 0.0118. The molecule has 1 fully saturated rings. The number of carbonyl (C=O) groups excluding carboxylic acids is 3. The average molecular weight is 350 g/mol. The third-order valence-electron chi connectivity index (χ3n) is 3.72. The van der Waals surface area contributed by atoms with Crippen molar-refractivity contribution in [2.45, 2.75) is 31.3 Å². The van der Waals surface area contributed by atoms with Crippen LogP contribution < -0.4 is 0 Å². The summed E-state index contributed by atoms with van der Waals surface area (Å²) >= 11 is 1.66. The molecule has 0 unspecified atom stereocenters. The van der Waals surface area contributed by atoms with Gasteiger partial charge < -0.3 is 9.64 Å². The quantitative estimate of drug-likeness (QED) is 0.707. The molecule has 2 rings (SSSR count). The molecule has 0 spiro atoms. The first-order valence-corrected chi connectivity index (χ1v) is 8.84. The molecule has 0 aromatic heterocycles. The van der Waals surface area contributed by atoms with Gasteiger partial charge in [-0.2, -0.15) is 0 Å². The topological polar surface area (TPSA) is 66.9 Å². The van der Waals surface area contributed by atoms with E-state index in [9.17, 15) is 14.4 Å². The Morgan fingerprint density at radius 1 is 1.25 bits per heavy atom. The molecular formula is C17H22N2O4S. The third kappa shape index (κ3) is 4.29. The molecule has 3 amide bonds. The SMILES string of the molecule is CCN(CCSc1ccccc1)C(=O)CN1C(=O)OC(C)(C)C1=O. The van der Waals surface area contributed by atoms with Crippen LogP contribution in [-0.4, -0.2) is 58.7 Å². The van der Waals surface area contributed by atoms with Crippen molar-refractivity contribution < 1.29 is 19.1 Å². The third-order valence-corrected chi connectivity index (χ3v) is 4.72. The van der Waals surface area contributed by atoms with Gasteiger partial charge in [-0.1, -0.05) is 18.2 Å². The van der Waals surface area contributed by atoms with Crippen LogP contribution in [0.1, 0.15) is 20.8 Å². The van der Waals surface area contributed by atoms with Gasteiger partial charge in [0.05, 0.1) is 0 Å². The molecule has 0 N–H and O–H groups in total. The van der Waals surface area contributed by atoms with E-state index in [1.54, 1.807) is 16.7 Å². The van der Waals surface area contributed by atoms with E-state index in [0.29, 0.717) is 13.1 Å². The number of thioether (sulfide) groups is 1. The zero-order chi connectivity index (χ0) is 17.7. The maximum atomic E-state index is 12.4. The average Bonchev–Trinajstić information content (AvgIpc) is 2.74. The van der Waals surface area contributed by atoms with Gasteiger partial charge in [-0.25, -0.2) is 9.69 Å². The summed E-state index contributed by atoms with van der Waals surface area (Å²) < 4.78 is 4.99. The molecule has 0 saturated carbocycles. The molecule has 1 heterocycles. The van der Waals surface area contributed by atoms with Crippen LogP contribution in [0.15, 0.2) is 35.2 Å². The molecule has 24 heavy (non-hydrogen) atoms. The summed E-state index contributed by atoms with van der Waals surface area (Å²) in [5.41, 5.74) is -1.20. The predicted octanol–water partition coefficient (Wildman–Crippen LogP) is 2.38. The number of likely N-dealkylation sites (N-methyl/N-ethyl adjacent to an activating group) is 1. The molecule has 1 aliphatic heterocycles. The lowest BCUT2D eigenvalue weighted by molar-refractivity contribution is -0.139. The summed E-state index contributed by atoms with van der Waals surface area (Å²) in [4.78, 5) is 39.9. The molecule has 1 aromatic rings. The van der Waals surface area contributed by atoms with Crippen LogP contribution in [0.3, 0.4) is 0 Å². The number of rotatable bonds is 7. The standard InChI is InChI=1S/C17H22N2O4S/c1-4-18(10-11-24-13-8-6-5-7-9-13)14(20)12-19-15(21)17(2,3)23-16(19)22/h5-9H,4,10-12H2,1-3H3. The number of benzene rings is 1. The first-order valence-electron chi connectivity index (χ1n) is 7.85. The monoisotopic (exact) mass is 350 g/mol. The van der Waals surface area contributed by atoms with Crippen LogP contribution in [0.4, 0.5) is 4.79 Å². The summed E-state index contributed by atoms with van der Waals surface area (Å²) in [5, 5.41) is 0. The Hall–Kier alpha value is -2.02. The van der Waals surface area contributed by atoms with E-state index in [0.717, 1.165) is 15.5 Å². The van der Waals surface area contributed by atoms with Crippen molar-refractivity contribution in [3.05, 3.63) is 30.3 Å². The molecule has 0 radical (unpaired) electrons. The van der Waals surface area contributed by atoms with Crippen LogP contribution in [0.5, 0.6) is 0 Å². The second kappa shape index (κ2) is 7.70. The van der Waals surface area contributed by atoms with Crippen molar-refractivity contribution in [2.24, 2.45) is 0 Å². The highest BCUT2D eigenvalue weighted by Crippen LogP contribution is 2.23. The smallest absolute Gasteiger partial charge is 0.418 e. The number of cyclic esters (lactones) is 1. The molecule has 1 saturated heterocycles. The first-order chi connectivity index (χ1) is 11.3. The molecule has 7 heteroatoms. The molecular weight excluding hydrogens is 328 g/mol. The maximum absolute atomic E-state index is 12.4. The summed E-state index contributed by atoms with van der Waals surface area (Å²) in [6.45, 7) is 5.71. The lowest BCUT2D eigenvalue weighted by atomic mass is 10.1. The van der Waals surface area contributed by atoms with Crippen LogP contribution in [0.2, 0.25) is 0 Å². The Morgan fingerprint density at radius 2 is 1.92 bits per heavy atom. The minimum absolute atomic E-state index is 0.255. The second-order valence-electron chi connectivity index (χ2n) is 5.90. The number of ether oxygens (including phenoxy) is 1. The van der Waals surface area contributed by atoms with Crippen LogP contribution in [0.25, 0.3) is 0 Å². The lowest BCUT2D eigenvalue weighted by Crippen LogP contribution is -2.45. The van der Waals surface area contributed by atoms with E-state index >= 15 is 0 Å². The van der Waals surface area contributed by atoms with E-state index in [-0.39, 0.29) is 12.5 Å². The molecule has 6 nitrogen and oxygen atoms in total. The van der Waals surface area contributed by atoms with Gasteiger partial charge in [-0.05, 0) is 32.9 Å². The van der Waals surface area contributed by atoms with E-state index < -0.39 is 17.6 Å². The molecule has 0 atom stereocenters. The Kier molecular flexibility index (Phi) is 5.88. The fraction of sp³-hybridized carbons (Fsp3) is 0.471. The zero-order valence-electron chi connectivity index (χ0n) is 14.2. The number of nitrogens with zero attached hydrogens (tertiary/aromatic N) is 2. The normalized spacial score (nSPS) is 16.2. The van der Waals surface area contributed by atoms with Crippen molar-refractivity contribution in [3.8, 4) is 0 Å². The van der Waals surface area contributed by atoms with Crippen molar-refractivity contribution in [1.29, 1.82) is 0 Å². The molecule has 0 aliphatic carbocycles. The van der Waals surface area contributed by atoms with Crippen molar-refractivity contribution in [2.75, 3.05) is 25.4 Å². The Balaban J connectivity index is 1.87. The molecule has 0 bridgehead atoms. The van der Waals surface area contributed by atoms with Gasteiger partial charge in [-0.15, -0.1) is 11.8 Å². The summed E-state index contributed by atoms with van der Waals surface area (Å²) in [7, 11) is 0. The zero-order valence-corrected chi connectivity index (χ0v) is 15.0. The Bertz CT molecular complexity index is 618. The largest absolute Gasteiger partial charge is 0.433 e. The predicted molar refractivity (Wildman–Crippen MR) is 91.7 cm³/mol. The second-order valence-corrected chi connectivity index (χ2v) is 7.07.